The predicted octanol–water partition coefficient (Wildman–Crippen LogP) is 1.29. The average molecular weight is 432 g/mol. The van der Waals surface area contributed by atoms with Gasteiger partial charge in [-0.2, -0.15) is 0 Å². The Morgan fingerprint density at radius 1 is 1.19 bits per heavy atom. The summed E-state index contributed by atoms with van der Waals surface area (Å²) in [7, 11) is -3.12. The molecular weight excluding hydrogens is 403 g/mol. The monoisotopic (exact) mass is 432 g/mol. The van der Waals surface area contributed by atoms with Crippen LogP contribution in [-0.4, -0.2) is 46.8 Å². The van der Waals surface area contributed by atoms with E-state index in [9.17, 15) is 8.42 Å². The van der Waals surface area contributed by atoms with Crippen molar-refractivity contribution in [3.63, 3.8) is 0 Å². The lowest BCUT2D eigenvalue weighted by Crippen LogP contribution is -2.42. The average Bonchev–Trinajstić information content (AvgIpc) is 2.32. The molecule has 0 aromatic rings. The molecule has 0 heterocycles. The highest BCUT2D eigenvalue weighted by atomic mass is 127. The third-order valence-corrected chi connectivity index (χ3v) is 4.59. The highest BCUT2D eigenvalue weighted by molar-refractivity contribution is 14.0. The Kier molecular flexibility index (Phi) is 9.79. The molecule has 0 aromatic carbocycles. The molecule has 1 rings (SSSR count). The Labute approximate surface area is 146 Å². The Bertz CT molecular complexity index is 416. The maximum Gasteiger partial charge on any atom is 0.208 e. The number of sulfonamides is 1. The van der Waals surface area contributed by atoms with Crippen molar-refractivity contribution in [1.82, 2.24) is 15.4 Å². The lowest BCUT2D eigenvalue weighted by Gasteiger charge is -2.40. The van der Waals surface area contributed by atoms with Gasteiger partial charge in [-0.15, -0.1) is 24.0 Å². The second-order valence-electron chi connectivity index (χ2n) is 5.50. The summed E-state index contributed by atoms with van der Waals surface area (Å²) in [4.78, 5) is 4.63. The van der Waals surface area contributed by atoms with Gasteiger partial charge in [-0.25, -0.2) is 13.1 Å². The fourth-order valence-corrected chi connectivity index (χ4v) is 2.78. The van der Waals surface area contributed by atoms with Gasteiger partial charge in [0.05, 0.1) is 6.26 Å². The molecule has 0 aromatic heterocycles. The first-order valence-corrected chi connectivity index (χ1v) is 9.27. The third-order valence-electron chi connectivity index (χ3n) is 3.86. The molecule has 0 unspecified atom stereocenters. The fraction of sp³-hybridized carbons (Fsp3) is 0.923. The van der Waals surface area contributed by atoms with E-state index in [1.165, 1.54) is 25.7 Å². The normalized spacial score (nSPS) is 17.6. The molecule has 126 valence electrons. The second kappa shape index (κ2) is 9.83. The molecule has 21 heavy (non-hydrogen) atoms. The van der Waals surface area contributed by atoms with Gasteiger partial charge in [0.1, 0.15) is 0 Å². The standard InChI is InChI=1S/C13H28N4O2S.HI/c1-4-13(7-6-8-13)11-16-12(14-5-2)15-9-10-17-20(3,18)19;/h17H,4-11H2,1-3H3,(H2,14,15,16);1H. The van der Waals surface area contributed by atoms with Gasteiger partial charge in [-0.05, 0) is 31.6 Å². The van der Waals surface area contributed by atoms with Gasteiger partial charge in [0.2, 0.25) is 10.0 Å². The summed E-state index contributed by atoms with van der Waals surface area (Å²) in [5.41, 5.74) is 0.396. The second-order valence-corrected chi connectivity index (χ2v) is 7.33. The highest BCUT2D eigenvalue weighted by Gasteiger charge is 2.34. The topological polar surface area (TPSA) is 82.6 Å². The van der Waals surface area contributed by atoms with Crippen LogP contribution in [0.15, 0.2) is 4.99 Å². The number of nitrogens with one attached hydrogen (secondary N) is 3. The summed E-state index contributed by atoms with van der Waals surface area (Å²) in [6.07, 6.45) is 6.18. The van der Waals surface area contributed by atoms with Crippen molar-refractivity contribution in [2.45, 2.75) is 39.5 Å². The third kappa shape index (κ3) is 8.20. The largest absolute Gasteiger partial charge is 0.357 e. The quantitative estimate of drug-likeness (QED) is 0.234. The molecule has 1 fully saturated rings. The number of hydrogen-bond donors (Lipinski definition) is 3. The van der Waals surface area contributed by atoms with E-state index < -0.39 is 10.0 Å². The molecule has 1 aliphatic carbocycles. The van der Waals surface area contributed by atoms with Gasteiger partial charge < -0.3 is 10.6 Å². The Morgan fingerprint density at radius 3 is 2.29 bits per heavy atom. The van der Waals surface area contributed by atoms with Crippen LogP contribution < -0.4 is 15.4 Å². The number of guanidine groups is 1. The van der Waals surface area contributed by atoms with Crippen LogP contribution >= 0.6 is 24.0 Å². The summed E-state index contributed by atoms with van der Waals surface area (Å²) in [5, 5.41) is 6.34. The van der Waals surface area contributed by atoms with Crippen LogP contribution in [0.5, 0.6) is 0 Å². The van der Waals surface area contributed by atoms with Gasteiger partial charge in [0.15, 0.2) is 5.96 Å². The molecule has 1 saturated carbocycles. The summed E-state index contributed by atoms with van der Waals surface area (Å²) in [5.74, 6) is 0.766. The summed E-state index contributed by atoms with van der Waals surface area (Å²) < 4.78 is 24.4. The minimum atomic E-state index is -3.12. The zero-order chi connectivity index (χ0) is 15.1. The van der Waals surface area contributed by atoms with Crippen LogP contribution in [0.25, 0.3) is 0 Å². The molecule has 8 heteroatoms. The highest BCUT2D eigenvalue weighted by Crippen LogP contribution is 2.43. The zero-order valence-electron chi connectivity index (χ0n) is 13.2. The molecule has 0 bridgehead atoms. The van der Waals surface area contributed by atoms with E-state index in [2.05, 4.69) is 27.3 Å². The molecule has 0 radical (unpaired) electrons. The molecule has 0 saturated heterocycles. The molecule has 0 atom stereocenters. The minimum Gasteiger partial charge on any atom is -0.357 e. The molecule has 0 spiro atoms. The molecule has 0 amide bonds. The van der Waals surface area contributed by atoms with Crippen LogP contribution in [0.2, 0.25) is 0 Å². The van der Waals surface area contributed by atoms with E-state index in [0.29, 0.717) is 18.5 Å². The smallest absolute Gasteiger partial charge is 0.208 e. The van der Waals surface area contributed by atoms with Gasteiger partial charge in [-0.3, -0.25) is 4.99 Å². The number of halogens is 1. The number of rotatable bonds is 8. The van der Waals surface area contributed by atoms with Crippen LogP contribution in [0, 0.1) is 5.41 Å². The molecule has 6 nitrogen and oxygen atoms in total. The van der Waals surface area contributed by atoms with Crippen molar-refractivity contribution >= 4 is 40.0 Å². The fourth-order valence-electron chi connectivity index (χ4n) is 2.31. The van der Waals surface area contributed by atoms with Gasteiger partial charge in [0.25, 0.3) is 0 Å². The van der Waals surface area contributed by atoms with Crippen molar-refractivity contribution < 1.29 is 8.42 Å². The van der Waals surface area contributed by atoms with Crippen molar-refractivity contribution in [2.24, 2.45) is 10.4 Å². The SMILES string of the molecule is CCNC(=NCC1(CC)CCC1)NCCNS(C)(=O)=O.I. The Balaban J connectivity index is 0.00000400. The van der Waals surface area contributed by atoms with E-state index in [-0.39, 0.29) is 24.0 Å². The molecular formula is C13H29IN4O2S. The first-order chi connectivity index (χ1) is 9.41. The van der Waals surface area contributed by atoms with E-state index >= 15 is 0 Å². The predicted molar refractivity (Wildman–Crippen MR) is 98.8 cm³/mol. The lowest BCUT2D eigenvalue weighted by atomic mass is 9.67. The number of hydrogen-bond acceptors (Lipinski definition) is 3. The summed E-state index contributed by atoms with van der Waals surface area (Å²) in [6.45, 7) is 6.78. The number of aliphatic imine (C=N–C) groups is 1. The minimum absolute atomic E-state index is 0. The molecule has 0 aliphatic heterocycles. The van der Waals surface area contributed by atoms with Crippen molar-refractivity contribution in [3.8, 4) is 0 Å². The molecule has 3 N–H and O–H groups in total. The summed E-state index contributed by atoms with van der Waals surface area (Å²) in [6, 6.07) is 0. The van der Waals surface area contributed by atoms with E-state index in [4.69, 9.17) is 0 Å². The van der Waals surface area contributed by atoms with Crippen molar-refractivity contribution in [2.75, 3.05) is 32.4 Å². The maximum atomic E-state index is 11.0. The molecule has 1 aliphatic rings. The number of nitrogens with zero attached hydrogens (tertiary/aromatic N) is 1. The summed E-state index contributed by atoms with van der Waals surface area (Å²) >= 11 is 0. The van der Waals surface area contributed by atoms with Gasteiger partial charge in [-0.1, -0.05) is 13.3 Å². The van der Waals surface area contributed by atoms with Gasteiger partial charge in [0, 0.05) is 26.2 Å². The zero-order valence-corrected chi connectivity index (χ0v) is 16.4. The van der Waals surface area contributed by atoms with Crippen molar-refractivity contribution in [3.05, 3.63) is 0 Å². The van der Waals surface area contributed by atoms with E-state index in [1.54, 1.807) is 0 Å². The Morgan fingerprint density at radius 2 is 1.86 bits per heavy atom. The van der Waals surface area contributed by atoms with Crippen LogP contribution in [-0.2, 0) is 10.0 Å². The van der Waals surface area contributed by atoms with Crippen molar-refractivity contribution in [1.29, 1.82) is 0 Å². The lowest BCUT2D eigenvalue weighted by molar-refractivity contribution is 0.139. The van der Waals surface area contributed by atoms with E-state index in [0.717, 1.165) is 25.3 Å². The first-order valence-electron chi connectivity index (χ1n) is 7.37. The Hall–Kier alpha value is -0.0900. The van der Waals surface area contributed by atoms with Gasteiger partial charge >= 0.3 is 0 Å². The van der Waals surface area contributed by atoms with Crippen LogP contribution in [0.1, 0.15) is 39.5 Å². The first kappa shape index (κ1) is 20.9. The van der Waals surface area contributed by atoms with Crippen LogP contribution in [0.4, 0.5) is 0 Å². The maximum absolute atomic E-state index is 11.0. The van der Waals surface area contributed by atoms with Crippen LogP contribution in [0.3, 0.4) is 0 Å². The van der Waals surface area contributed by atoms with E-state index in [1.807, 2.05) is 6.92 Å².